The number of nitrogens with zero attached hydrogens (tertiary/aromatic N) is 2. The molecule has 1 saturated heterocycles. The summed E-state index contributed by atoms with van der Waals surface area (Å²) in [5, 5.41) is 0. The van der Waals surface area contributed by atoms with E-state index in [1.165, 1.54) is 11.3 Å². The highest BCUT2D eigenvalue weighted by Gasteiger charge is 2.27. The first-order valence-electron chi connectivity index (χ1n) is 7.66. The van der Waals surface area contributed by atoms with Crippen molar-refractivity contribution >= 4 is 39.8 Å². The molecule has 0 N–H and O–H groups in total. The number of hydrogen-bond donors (Lipinski definition) is 0. The lowest BCUT2D eigenvalue weighted by atomic mass is 9.99. The number of thiazole rings is 1. The Bertz CT molecular complexity index is 563. The van der Waals surface area contributed by atoms with E-state index in [1.807, 2.05) is 20.8 Å². The number of ether oxygens (including phenoxy) is 1. The second-order valence-corrected chi connectivity index (χ2v) is 9.94. The molecule has 2 rings (SSSR count). The van der Waals surface area contributed by atoms with Crippen molar-refractivity contribution in [2.75, 3.05) is 18.8 Å². The van der Waals surface area contributed by atoms with Crippen LogP contribution in [0.2, 0.25) is 4.47 Å². The molecule has 1 fully saturated rings. The fourth-order valence-electron chi connectivity index (χ4n) is 2.44. The Hall–Kier alpha value is -0.660. The number of carbonyl (C=O) groups excluding carboxylic acids is 1. The number of likely N-dealkylation sites (tertiary alicyclic amines) is 1. The fraction of sp³-hybridized carbons (Fsp3) is 0.733. The van der Waals surface area contributed by atoms with Crippen LogP contribution < -0.4 is 0 Å². The minimum absolute atomic E-state index is 0.253. The Labute approximate surface area is 148 Å². The lowest BCUT2D eigenvalue weighted by Crippen LogP contribution is -2.42. The molecule has 0 radical (unpaired) electrons. The van der Waals surface area contributed by atoms with Crippen LogP contribution in [0.4, 0.5) is 4.79 Å². The topological polar surface area (TPSA) is 59.5 Å². The number of carbonyl (C=O) groups is 1. The van der Waals surface area contributed by atoms with Crippen LogP contribution in [0.5, 0.6) is 0 Å². The van der Waals surface area contributed by atoms with Gasteiger partial charge in [0, 0.05) is 40.7 Å². The smallest absolute Gasteiger partial charge is 0.410 e. The van der Waals surface area contributed by atoms with Crippen LogP contribution in [0, 0.1) is 5.92 Å². The van der Waals surface area contributed by atoms with Gasteiger partial charge in [-0.15, -0.1) is 11.3 Å². The maximum atomic E-state index is 12.2. The van der Waals surface area contributed by atoms with Gasteiger partial charge in [-0.2, -0.15) is 0 Å². The minimum atomic E-state index is -0.916. The van der Waals surface area contributed by atoms with Crippen molar-refractivity contribution in [2.24, 2.45) is 5.92 Å². The van der Waals surface area contributed by atoms with Gasteiger partial charge in [-0.25, -0.2) is 9.78 Å². The molecule has 0 unspecified atom stereocenters. The van der Waals surface area contributed by atoms with E-state index in [4.69, 9.17) is 16.3 Å². The molecular weight excluding hydrogens is 356 g/mol. The number of piperidine rings is 1. The van der Waals surface area contributed by atoms with Crippen molar-refractivity contribution in [2.45, 2.75) is 45.0 Å². The molecule has 1 atom stereocenters. The zero-order chi connectivity index (χ0) is 17.0. The van der Waals surface area contributed by atoms with Crippen LogP contribution >= 0.6 is 22.9 Å². The summed E-state index contributed by atoms with van der Waals surface area (Å²) in [4.78, 5) is 18.7. The van der Waals surface area contributed by atoms with Gasteiger partial charge in [0.25, 0.3) is 0 Å². The van der Waals surface area contributed by atoms with E-state index < -0.39 is 16.4 Å². The quantitative estimate of drug-likeness (QED) is 0.801. The number of aromatic nitrogens is 1. The van der Waals surface area contributed by atoms with E-state index in [9.17, 15) is 9.00 Å². The average molecular weight is 379 g/mol. The number of amides is 1. The average Bonchev–Trinajstić information content (AvgIpc) is 2.82. The first kappa shape index (κ1) is 18.7. The number of halogens is 1. The number of hydrogen-bond acceptors (Lipinski definition) is 5. The standard InChI is InChI=1S/C15H23ClN2O3S2/c1-15(2,3)21-14(19)18-6-4-11(5-7-18)9-23(20)10-12-8-17-13(16)22-12/h8,11H,4-7,9-10H2,1-3H3/t23-/m1/s1. The molecule has 8 heteroatoms. The highest BCUT2D eigenvalue weighted by Crippen LogP contribution is 2.23. The fourth-order valence-corrected chi connectivity index (χ4v) is 5.21. The normalized spacial score (nSPS) is 18.0. The van der Waals surface area contributed by atoms with Crippen LogP contribution in [-0.4, -0.2) is 44.6 Å². The summed E-state index contributed by atoms with van der Waals surface area (Å²) in [6.45, 7) is 6.94. The van der Waals surface area contributed by atoms with Gasteiger partial charge in [0.05, 0.1) is 5.75 Å². The second-order valence-electron chi connectivity index (χ2n) is 6.74. The second kappa shape index (κ2) is 7.94. The van der Waals surface area contributed by atoms with Crippen LogP contribution in [0.15, 0.2) is 6.20 Å². The van der Waals surface area contributed by atoms with Gasteiger partial charge in [0.15, 0.2) is 4.47 Å². The molecule has 0 bridgehead atoms. The van der Waals surface area contributed by atoms with Crippen molar-refractivity contribution in [1.82, 2.24) is 9.88 Å². The molecule has 0 spiro atoms. The van der Waals surface area contributed by atoms with Crippen LogP contribution in [-0.2, 0) is 21.3 Å². The van der Waals surface area contributed by atoms with Gasteiger partial charge in [-0.05, 0) is 39.5 Å². The Morgan fingerprint density at radius 1 is 1.48 bits per heavy atom. The molecule has 2 heterocycles. The summed E-state index contributed by atoms with van der Waals surface area (Å²) in [5.41, 5.74) is -0.467. The Morgan fingerprint density at radius 2 is 2.13 bits per heavy atom. The molecule has 130 valence electrons. The van der Waals surface area contributed by atoms with E-state index in [0.717, 1.165) is 17.7 Å². The largest absolute Gasteiger partial charge is 0.444 e. The summed E-state index contributed by atoms with van der Waals surface area (Å²) in [6.07, 6.45) is 3.18. The first-order chi connectivity index (χ1) is 10.7. The Balaban J connectivity index is 1.74. The van der Waals surface area contributed by atoms with E-state index >= 15 is 0 Å². The van der Waals surface area contributed by atoms with Gasteiger partial charge in [0.2, 0.25) is 0 Å². The maximum absolute atomic E-state index is 12.2. The predicted molar refractivity (Wildman–Crippen MR) is 94.4 cm³/mol. The monoisotopic (exact) mass is 378 g/mol. The molecule has 0 saturated carbocycles. The predicted octanol–water partition coefficient (Wildman–Crippen LogP) is 3.69. The SMILES string of the molecule is CC(C)(C)OC(=O)N1CCC(C[S@@](=O)Cc2cnc(Cl)s2)CC1. The van der Waals surface area contributed by atoms with Crippen LogP contribution in [0.25, 0.3) is 0 Å². The third kappa shape index (κ3) is 6.39. The highest BCUT2D eigenvalue weighted by molar-refractivity contribution is 7.84. The molecule has 1 aromatic heterocycles. The lowest BCUT2D eigenvalue weighted by Gasteiger charge is -2.33. The van der Waals surface area contributed by atoms with Gasteiger partial charge >= 0.3 is 6.09 Å². The van der Waals surface area contributed by atoms with Gasteiger partial charge in [-0.1, -0.05) is 11.6 Å². The van der Waals surface area contributed by atoms with Crippen molar-refractivity contribution < 1.29 is 13.7 Å². The molecule has 0 aromatic carbocycles. The molecule has 23 heavy (non-hydrogen) atoms. The highest BCUT2D eigenvalue weighted by atomic mass is 35.5. The zero-order valence-corrected chi connectivity index (χ0v) is 16.1. The van der Waals surface area contributed by atoms with Crippen LogP contribution in [0.1, 0.15) is 38.5 Å². The summed E-state index contributed by atoms with van der Waals surface area (Å²) in [5.74, 6) is 1.56. The minimum Gasteiger partial charge on any atom is -0.444 e. The van der Waals surface area contributed by atoms with Gasteiger partial charge in [0.1, 0.15) is 5.60 Å². The molecule has 1 aromatic rings. The number of rotatable bonds is 4. The van der Waals surface area contributed by atoms with Crippen molar-refractivity contribution in [1.29, 1.82) is 0 Å². The Morgan fingerprint density at radius 3 is 2.65 bits per heavy atom. The summed E-state index contributed by atoms with van der Waals surface area (Å²) < 4.78 is 18.1. The zero-order valence-electron chi connectivity index (χ0n) is 13.7. The third-order valence-electron chi connectivity index (χ3n) is 3.52. The molecule has 0 aliphatic carbocycles. The van der Waals surface area contributed by atoms with E-state index in [0.29, 0.717) is 35.0 Å². The van der Waals surface area contributed by atoms with E-state index in [2.05, 4.69) is 4.98 Å². The molecular formula is C15H23ClN2O3S2. The van der Waals surface area contributed by atoms with E-state index in [1.54, 1.807) is 11.1 Å². The summed E-state index contributed by atoms with van der Waals surface area (Å²) in [6, 6.07) is 0. The molecule has 1 aliphatic heterocycles. The summed E-state index contributed by atoms with van der Waals surface area (Å²) in [7, 11) is -0.916. The Kier molecular flexibility index (Phi) is 6.45. The van der Waals surface area contributed by atoms with Crippen LogP contribution in [0.3, 0.4) is 0 Å². The van der Waals surface area contributed by atoms with E-state index in [-0.39, 0.29) is 6.09 Å². The maximum Gasteiger partial charge on any atom is 0.410 e. The van der Waals surface area contributed by atoms with Crippen molar-refractivity contribution in [3.8, 4) is 0 Å². The van der Waals surface area contributed by atoms with Gasteiger partial charge in [-0.3, -0.25) is 4.21 Å². The van der Waals surface area contributed by atoms with Gasteiger partial charge < -0.3 is 9.64 Å². The molecule has 5 nitrogen and oxygen atoms in total. The van der Waals surface area contributed by atoms with Crippen molar-refractivity contribution in [3.63, 3.8) is 0 Å². The first-order valence-corrected chi connectivity index (χ1v) is 10.3. The molecule has 1 amide bonds. The molecule has 1 aliphatic rings. The lowest BCUT2D eigenvalue weighted by molar-refractivity contribution is 0.0191. The van der Waals surface area contributed by atoms with Crippen molar-refractivity contribution in [3.05, 3.63) is 15.5 Å². The summed E-state index contributed by atoms with van der Waals surface area (Å²) >= 11 is 7.17. The third-order valence-corrected chi connectivity index (χ3v) is 6.29.